The molecule has 2 nitrogen and oxygen atoms in total. The van der Waals surface area contributed by atoms with Crippen LogP contribution in [0.2, 0.25) is 0 Å². The van der Waals surface area contributed by atoms with E-state index in [1.165, 1.54) is 23.4 Å². The van der Waals surface area contributed by atoms with Crippen molar-refractivity contribution in [1.82, 2.24) is 0 Å². The first-order chi connectivity index (χ1) is 8.43. The van der Waals surface area contributed by atoms with Gasteiger partial charge >= 0.3 is 0 Å². The molecule has 0 radical (unpaired) electrons. The standard InChI is InChI=1S/C14H16N2S/c1-2-5-14-13(4-1)15-7-3-8-16(14)10-12-6-9-17-11-12/h1-2,4-6,9,11,15H,3,7-8,10H2. The minimum Gasteiger partial charge on any atom is -0.383 e. The van der Waals surface area contributed by atoms with Crippen LogP contribution in [0, 0.1) is 0 Å². The van der Waals surface area contributed by atoms with Crippen LogP contribution in [0.25, 0.3) is 0 Å². The average Bonchev–Trinajstić information content (AvgIpc) is 2.78. The Labute approximate surface area is 106 Å². The molecule has 1 aromatic carbocycles. The summed E-state index contributed by atoms with van der Waals surface area (Å²) in [7, 11) is 0. The number of fused-ring (bicyclic) bond motifs is 1. The van der Waals surface area contributed by atoms with E-state index in [1.54, 1.807) is 11.3 Å². The van der Waals surface area contributed by atoms with Crippen molar-refractivity contribution in [3.8, 4) is 0 Å². The summed E-state index contributed by atoms with van der Waals surface area (Å²) in [5, 5.41) is 7.88. The highest BCUT2D eigenvalue weighted by Gasteiger charge is 2.14. The SMILES string of the molecule is c1ccc2c(c1)NCCCN2Cc1ccsc1. The molecule has 3 rings (SSSR count). The predicted octanol–water partition coefficient (Wildman–Crippen LogP) is 3.57. The Morgan fingerprint density at radius 3 is 3.06 bits per heavy atom. The summed E-state index contributed by atoms with van der Waals surface area (Å²) in [5.41, 5.74) is 4.00. The third-order valence-electron chi connectivity index (χ3n) is 3.12. The Hall–Kier alpha value is -1.48. The molecule has 0 amide bonds. The van der Waals surface area contributed by atoms with Gasteiger partial charge in [0.05, 0.1) is 11.4 Å². The van der Waals surface area contributed by atoms with Crippen molar-refractivity contribution >= 4 is 22.7 Å². The number of anilines is 2. The molecule has 0 saturated heterocycles. The number of nitrogens with one attached hydrogen (secondary N) is 1. The zero-order valence-corrected chi connectivity index (χ0v) is 10.5. The minimum absolute atomic E-state index is 1.02. The van der Waals surface area contributed by atoms with E-state index >= 15 is 0 Å². The highest BCUT2D eigenvalue weighted by atomic mass is 32.1. The lowest BCUT2D eigenvalue weighted by Gasteiger charge is -2.23. The second-order valence-corrected chi connectivity index (χ2v) is 5.13. The maximum atomic E-state index is 3.50. The highest BCUT2D eigenvalue weighted by molar-refractivity contribution is 7.07. The highest BCUT2D eigenvalue weighted by Crippen LogP contribution is 2.29. The lowest BCUT2D eigenvalue weighted by atomic mass is 10.2. The van der Waals surface area contributed by atoms with Crippen molar-refractivity contribution < 1.29 is 0 Å². The third kappa shape index (κ3) is 2.29. The summed E-state index contributed by atoms with van der Waals surface area (Å²) in [4.78, 5) is 2.47. The second-order valence-electron chi connectivity index (χ2n) is 4.35. The molecule has 0 spiro atoms. The normalized spacial score (nSPS) is 14.9. The number of nitrogens with zero attached hydrogens (tertiary/aromatic N) is 1. The van der Waals surface area contributed by atoms with E-state index in [2.05, 4.69) is 51.3 Å². The molecule has 0 saturated carbocycles. The summed E-state index contributed by atoms with van der Waals surface area (Å²) >= 11 is 1.77. The van der Waals surface area contributed by atoms with Gasteiger partial charge in [0.25, 0.3) is 0 Å². The molecule has 1 aliphatic rings. The number of rotatable bonds is 2. The molecular weight excluding hydrogens is 228 g/mol. The van der Waals surface area contributed by atoms with Crippen LogP contribution in [0.15, 0.2) is 41.1 Å². The van der Waals surface area contributed by atoms with E-state index < -0.39 is 0 Å². The number of thiophene rings is 1. The molecule has 2 aromatic rings. The maximum absolute atomic E-state index is 3.50. The number of para-hydroxylation sites is 2. The Morgan fingerprint density at radius 1 is 1.24 bits per heavy atom. The fourth-order valence-corrected chi connectivity index (χ4v) is 2.94. The zero-order valence-electron chi connectivity index (χ0n) is 9.73. The van der Waals surface area contributed by atoms with Crippen molar-refractivity contribution in [1.29, 1.82) is 0 Å². The Bertz CT molecular complexity index is 479. The van der Waals surface area contributed by atoms with Crippen LogP contribution >= 0.6 is 11.3 Å². The molecule has 3 heteroatoms. The first-order valence-electron chi connectivity index (χ1n) is 6.02. The first kappa shape index (κ1) is 10.7. The van der Waals surface area contributed by atoms with Gasteiger partial charge in [-0.15, -0.1) is 0 Å². The van der Waals surface area contributed by atoms with Crippen LogP contribution < -0.4 is 10.2 Å². The quantitative estimate of drug-likeness (QED) is 0.868. The van der Waals surface area contributed by atoms with E-state index in [4.69, 9.17) is 0 Å². The summed E-state index contributed by atoms with van der Waals surface area (Å²) < 4.78 is 0. The van der Waals surface area contributed by atoms with Crippen LogP contribution in [0.3, 0.4) is 0 Å². The van der Waals surface area contributed by atoms with Crippen LogP contribution in [0.1, 0.15) is 12.0 Å². The average molecular weight is 244 g/mol. The topological polar surface area (TPSA) is 15.3 Å². The second kappa shape index (κ2) is 4.80. The van der Waals surface area contributed by atoms with Crippen molar-refractivity contribution in [3.05, 3.63) is 46.7 Å². The zero-order chi connectivity index (χ0) is 11.5. The molecule has 1 aromatic heterocycles. The van der Waals surface area contributed by atoms with E-state index in [0.29, 0.717) is 0 Å². The lowest BCUT2D eigenvalue weighted by molar-refractivity contribution is 0.765. The maximum Gasteiger partial charge on any atom is 0.0605 e. The molecule has 0 aliphatic carbocycles. The third-order valence-corrected chi connectivity index (χ3v) is 3.85. The van der Waals surface area contributed by atoms with Gasteiger partial charge in [-0.3, -0.25) is 0 Å². The smallest absolute Gasteiger partial charge is 0.0605 e. The first-order valence-corrected chi connectivity index (χ1v) is 6.97. The van der Waals surface area contributed by atoms with Gasteiger partial charge in [0.2, 0.25) is 0 Å². The summed E-state index contributed by atoms with van der Waals surface area (Å²) in [6.45, 7) is 3.21. The van der Waals surface area contributed by atoms with Gasteiger partial charge in [-0.1, -0.05) is 12.1 Å². The van der Waals surface area contributed by atoms with E-state index in [1.807, 2.05) is 0 Å². The van der Waals surface area contributed by atoms with Crippen molar-refractivity contribution in [2.24, 2.45) is 0 Å². The number of hydrogen-bond acceptors (Lipinski definition) is 3. The molecule has 1 aliphatic heterocycles. The van der Waals surface area contributed by atoms with Crippen LogP contribution in [-0.2, 0) is 6.54 Å². The van der Waals surface area contributed by atoms with Gasteiger partial charge in [0.1, 0.15) is 0 Å². The Kier molecular flexibility index (Phi) is 3.01. The van der Waals surface area contributed by atoms with Crippen molar-refractivity contribution in [2.45, 2.75) is 13.0 Å². The van der Waals surface area contributed by atoms with Gasteiger partial charge in [-0.05, 0) is 40.9 Å². The molecule has 88 valence electrons. The molecule has 0 atom stereocenters. The fraction of sp³-hybridized carbons (Fsp3) is 0.286. The number of benzene rings is 1. The molecule has 0 unspecified atom stereocenters. The van der Waals surface area contributed by atoms with E-state index in [0.717, 1.165) is 19.6 Å². The van der Waals surface area contributed by atoms with Crippen LogP contribution in [-0.4, -0.2) is 13.1 Å². The van der Waals surface area contributed by atoms with Crippen LogP contribution in [0.5, 0.6) is 0 Å². The molecule has 17 heavy (non-hydrogen) atoms. The van der Waals surface area contributed by atoms with Crippen molar-refractivity contribution in [2.75, 3.05) is 23.3 Å². The van der Waals surface area contributed by atoms with E-state index in [9.17, 15) is 0 Å². The largest absolute Gasteiger partial charge is 0.383 e. The predicted molar refractivity (Wildman–Crippen MR) is 74.9 cm³/mol. The summed E-state index contributed by atoms with van der Waals surface area (Å²) in [6.07, 6.45) is 1.19. The Balaban J connectivity index is 1.89. The molecule has 2 heterocycles. The lowest BCUT2D eigenvalue weighted by Crippen LogP contribution is -2.22. The molecule has 0 fully saturated rings. The van der Waals surface area contributed by atoms with Crippen molar-refractivity contribution in [3.63, 3.8) is 0 Å². The van der Waals surface area contributed by atoms with Gasteiger partial charge in [0.15, 0.2) is 0 Å². The minimum atomic E-state index is 1.02. The molecule has 0 bridgehead atoms. The molecular formula is C14H16N2S. The molecule has 1 N–H and O–H groups in total. The summed E-state index contributed by atoms with van der Waals surface area (Å²) in [6, 6.07) is 10.8. The Morgan fingerprint density at radius 2 is 2.18 bits per heavy atom. The van der Waals surface area contributed by atoms with E-state index in [-0.39, 0.29) is 0 Å². The van der Waals surface area contributed by atoms with Gasteiger partial charge in [-0.25, -0.2) is 0 Å². The summed E-state index contributed by atoms with van der Waals surface area (Å²) in [5.74, 6) is 0. The monoisotopic (exact) mass is 244 g/mol. The fourth-order valence-electron chi connectivity index (χ4n) is 2.28. The van der Waals surface area contributed by atoms with Gasteiger partial charge < -0.3 is 10.2 Å². The van der Waals surface area contributed by atoms with Gasteiger partial charge in [-0.2, -0.15) is 11.3 Å². The van der Waals surface area contributed by atoms with Crippen LogP contribution in [0.4, 0.5) is 11.4 Å². The van der Waals surface area contributed by atoms with Gasteiger partial charge in [0, 0.05) is 19.6 Å². The number of hydrogen-bond donors (Lipinski definition) is 1.